The van der Waals surface area contributed by atoms with Crippen molar-refractivity contribution in [2.75, 3.05) is 13.2 Å². The molecule has 0 unspecified atom stereocenters. The molecule has 0 fully saturated rings. The van der Waals surface area contributed by atoms with Crippen molar-refractivity contribution in [3.8, 4) is 0 Å². The smallest absolute Gasteiger partial charge is 1.00 e. The third-order valence-electron chi connectivity index (χ3n) is 2.03. The Bertz CT molecular complexity index is 253. The van der Waals surface area contributed by atoms with E-state index in [1.54, 1.807) is 0 Å². The van der Waals surface area contributed by atoms with Crippen molar-refractivity contribution in [2.45, 2.75) is 26.4 Å². The SMILES string of the molecule is CC(C)(CO)[C@H](O)C(=O)NCCC(=O)O.[Ca+2].[H-].[H-]. The van der Waals surface area contributed by atoms with Gasteiger partial charge in [-0.05, 0) is 0 Å². The van der Waals surface area contributed by atoms with E-state index in [1.807, 2.05) is 0 Å². The number of aliphatic hydroxyl groups excluding tert-OH is 2. The molecule has 92 valence electrons. The summed E-state index contributed by atoms with van der Waals surface area (Å²) >= 11 is 0. The van der Waals surface area contributed by atoms with E-state index in [0.717, 1.165) is 0 Å². The average Bonchev–Trinajstić information content (AvgIpc) is 2.15. The number of aliphatic hydroxyl groups is 2. The molecule has 1 amide bonds. The Morgan fingerprint density at radius 3 is 2.31 bits per heavy atom. The summed E-state index contributed by atoms with van der Waals surface area (Å²) in [7, 11) is 0. The number of hydrogen-bond donors (Lipinski definition) is 4. The molecule has 0 heterocycles. The zero-order valence-electron chi connectivity index (χ0n) is 11.6. The minimum absolute atomic E-state index is 0. The van der Waals surface area contributed by atoms with Crippen molar-refractivity contribution in [1.29, 1.82) is 0 Å². The van der Waals surface area contributed by atoms with Crippen LogP contribution in [0.3, 0.4) is 0 Å². The van der Waals surface area contributed by atoms with Gasteiger partial charge < -0.3 is 23.5 Å². The van der Waals surface area contributed by atoms with E-state index in [2.05, 4.69) is 5.32 Å². The first-order chi connectivity index (χ1) is 6.81. The van der Waals surface area contributed by atoms with E-state index in [0.29, 0.717) is 0 Å². The summed E-state index contributed by atoms with van der Waals surface area (Å²) in [6, 6.07) is 0. The predicted octanol–water partition coefficient (Wildman–Crippen LogP) is -1.20. The molecule has 7 heteroatoms. The van der Waals surface area contributed by atoms with Gasteiger partial charge >= 0.3 is 43.7 Å². The molecule has 0 saturated heterocycles. The van der Waals surface area contributed by atoms with Gasteiger partial charge in [-0.1, -0.05) is 13.8 Å². The molecule has 0 bridgehead atoms. The van der Waals surface area contributed by atoms with Crippen molar-refractivity contribution in [2.24, 2.45) is 5.41 Å². The summed E-state index contributed by atoms with van der Waals surface area (Å²) < 4.78 is 0. The molecule has 0 aromatic heterocycles. The van der Waals surface area contributed by atoms with Gasteiger partial charge in [0, 0.05) is 12.0 Å². The Labute approximate surface area is 127 Å². The minimum atomic E-state index is -1.35. The summed E-state index contributed by atoms with van der Waals surface area (Å²) in [5, 5.41) is 29.0. The Morgan fingerprint density at radius 1 is 1.44 bits per heavy atom. The van der Waals surface area contributed by atoms with Crippen LogP contribution in [0.1, 0.15) is 23.1 Å². The first kappa shape index (κ1) is 18.5. The van der Waals surface area contributed by atoms with Gasteiger partial charge in [-0.15, -0.1) is 0 Å². The Kier molecular flexibility index (Phi) is 9.53. The second kappa shape index (κ2) is 8.25. The fraction of sp³-hybridized carbons (Fsp3) is 0.778. The first-order valence-corrected chi connectivity index (χ1v) is 4.59. The van der Waals surface area contributed by atoms with Gasteiger partial charge in [-0.3, -0.25) is 9.59 Å². The van der Waals surface area contributed by atoms with Gasteiger partial charge in [0.2, 0.25) is 5.91 Å². The van der Waals surface area contributed by atoms with Gasteiger partial charge in [0.15, 0.2) is 0 Å². The van der Waals surface area contributed by atoms with Crippen molar-refractivity contribution < 1.29 is 27.8 Å². The van der Waals surface area contributed by atoms with Crippen LogP contribution in [-0.4, -0.2) is 84.2 Å². The number of carboxylic acid groups (broad SMARTS) is 1. The molecule has 0 rings (SSSR count). The minimum Gasteiger partial charge on any atom is -1.00 e. The van der Waals surface area contributed by atoms with E-state index in [-0.39, 0.29) is 60.2 Å². The number of nitrogens with one attached hydrogen (secondary N) is 1. The topological polar surface area (TPSA) is 107 Å². The van der Waals surface area contributed by atoms with Gasteiger partial charge in [-0.2, -0.15) is 0 Å². The quantitative estimate of drug-likeness (QED) is 0.449. The summed E-state index contributed by atoms with van der Waals surface area (Å²) in [5.74, 6) is -1.69. The molecule has 0 aromatic carbocycles. The van der Waals surface area contributed by atoms with Crippen LogP contribution < -0.4 is 5.32 Å². The maximum Gasteiger partial charge on any atom is 2.00 e. The van der Waals surface area contributed by atoms with Crippen molar-refractivity contribution >= 4 is 49.6 Å². The predicted molar refractivity (Wildman–Crippen MR) is 60.1 cm³/mol. The van der Waals surface area contributed by atoms with E-state index in [1.165, 1.54) is 13.8 Å². The third-order valence-corrected chi connectivity index (χ3v) is 2.03. The van der Waals surface area contributed by atoms with Gasteiger partial charge in [-0.25, -0.2) is 0 Å². The molecule has 0 aliphatic heterocycles. The first-order valence-electron chi connectivity index (χ1n) is 4.59. The zero-order chi connectivity index (χ0) is 12.1. The fourth-order valence-corrected chi connectivity index (χ4v) is 0.831. The van der Waals surface area contributed by atoms with Crippen LogP contribution in [-0.2, 0) is 9.59 Å². The summed E-state index contributed by atoms with van der Waals surface area (Å²) in [6.45, 7) is 2.70. The Hall–Kier alpha value is 0.120. The van der Waals surface area contributed by atoms with Crippen molar-refractivity contribution in [3.63, 3.8) is 0 Å². The van der Waals surface area contributed by atoms with Crippen LogP contribution in [0.4, 0.5) is 0 Å². The normalized spacial score (nSPS) is 12.5. The van der Waals surface area contributed by atoms with Crippen LogP contribution in [0.2, 0.25) is 0 Å². The molecular weight excluding hydrogens is 242 g/mol. The Morgan fingerprint density at radius 2 is 1.94 bits per heavy atom. The molecule has 6 nitrogen and oxygen atoms in total. The van der Waals surface area contributed by atoms with E-state index in [4.69, 9.17) is 10.2 Å². The van der Waals surface area contributed by atoms with Crippen molar-refractivity contribution in [1.82, 2.24) is 5.32 Å². The average molecular weight is 261 g/mol. The number of amides is 1. The second-order valence-electron chi connectivity index (χ2n) is 3.98. The van der Waals surface area contributed by atoms with E-state index >= 15 is 0 Å². The summed E-state index contributed by atoms with van der Waals surface area (Å²) in [4.78, 5) is 21.4. The number of carboxylic acids is 1. The standard InChI is InChI=1S/C9H17NO5.Ca.2H/c1-9(2,5-11)7(14)8(15)10-4-3-6(12)13;;;/h7,11,14H,3-5H2,1-2H3,(H,10,15)(H,12,13);;;/q;+2;2*-1/t7-;;;/m1.../s1. The van der Waals surface area contributed by atoms with Crippen LogP contribution in [0.15, 0.2) is 0 Å². The van der Waals surface area contributed by atoms with Gasteiger partial charge in [0.05, 0.1) is 13.0 Å². The van der Waals surface area contributed by atoms with Crippen LogP contribution in [0, 0.1) is 5.41 Å². The maximum atomic E-state index is 11.3. The largest absolute Gasteiger partial charge is 2.00 e. The Balaban J connectivity index is -0.000000327. The molecule has 0 radical (unpaired) electrons. The second-order valence-corrected chi connectivity index (χ2v) is 3.98. The van der Waals surface area contributed by atoms with Crippen LogP contribution in [0.25, 0.3) is 0 Å². The molecule has 0 aliphatic carbocycles. The number of aliphatic carboxylic acids is 1. The third kappa shape index (κ3) is 6.65. The summed E-state index contributed by atoms with van der Waals surface area (Å²) in [6.07, 6.45) is -1.55. The molecule has 0 spiro atoms. The van der Waals surface area contributed by atoms with Crippen LogP contribution in [0.5, 0.6) is 0 Å². The van der Waals surface area contributed by atoms with Gasteiger partial charge in [0.1, 0.15) is 6.10 Å². The molecule has 0 saturated carbocycles. The molecule has 16 heavy (non-hydrogen) atoms. The molecular formula is C9H19CaNO5. The van der Waals surface area contributed by atoms with Crippen LogP contribution >= 0.6 is 0 Å². The number of hydrogen-bond acceptors (Lipinski definition) is 4. The monoisotopic (exact) mass is 261 g/mol. The molecule has 0 aromatic rings. The zero-order valence-corrected chi connectivity index (χ0v) is 11.8. The number of carbonyl (C=O) groups excluding carboxylic acids is 1. The summed E-state index contributed by atoms with van der Waals surface area (Å²) in [5.41, 5.74) is -0.937. The fourth-order valence-electron chi connectivity index (χ4n) is 0.831. The molecule has 0 aliphatic rings. The van der Waals surface area contributed by atoms with E-state index in [9.17, 15) is 14.7 Å². The molecule has 4 N–H and O–H groups in total. The maximum absolute atomic E-state index is 11.3. The van der Waals surface area contributed by atoms with E-state index < -0.39 is 23.4 Å². The number of carbonyl (C=O) groups is 2. The molecule has 1 atom stereocenters. The number of rotatable bonds is 6. The van der Waals surface area contributed by atoms with Gasteiger partial charge in [0.25, 0.3) is 0 Å². The van der Waals surface area contributed by atoms with Crippen molar-refractivity contribution in [3.05, 3.63) is 0 Å².